The molecule has 1 aromatic carbocycles. The summed E-state index contributed by atoms with van der Waals surface area (Å²) in [6.45, 7) is 8.73. The average molecular weight is 394 g/mol. The third-order valence-corrected chi connectivity index (χ3v) is 5.98. The van der Waals surface area contributed by atoms with Crippen molar-refractivity contribution in [2.75, 3.05) is 13.1 Å². The summed E-state index contributed by atoms with van der Waals surface area (Å²) in [6.07, 6.45) is 2.60. The molecule has 1 aromatic heterocycles. The van der Waals surface area contributed by atoms with Crippen LogP contribution in [0.1, 0.15) is 54.7 Å². The first kappa shape index (κ1) is 21.1. The summed E-state index contributed by atoms with van der Waals surface area (Å²) in [6, 6.07) is 13.3. The molecule has 6 nitrogen and oxygen atoms in total. The predicted octanol–water partition coefficient (Wildman–Crippen LogP) is 3.30. The van der Waals surface area contributed by atoms with Crippen LogP contribution in [0.2, 0.25) is 0 Å². The monoisotopic (exact) mass is 393 g/mol. The van der Waals surface area contributed by atoms with Crippen LogP contribution in [0.5, 0.6) is 0 Å². The number of benzene rings is 1. The normalized spacial score (nSPS) is 17.8. The van der Waals surface area contributed by atoms with Gasteiger partial charge < -0.3 is 5.32 Å². The standard InChI is InChI=1S/C23H31N5O/c1-17-22(19(3)28(26-17)14-7-13-24)10-11-23(29)25-21-12-15-27(16-21)18(2)20-8-5-4-6-9-20/h4-6,8-9,18,21H,7,10-12,14-16H2,1-3H3,(H,25,29). The zero-order valence-electron chi connectivity index (χ0n) is 17.7. The van der Waals surface area contributed by atoms with E-state index in [-0.39, 0.29) is 11.9 Å². The first-order valence-electron chi connectivity index (χ1n) is 10.5. The number of rotatable bonds is 8. The molecule has 0 saturated carbocycles. The molecule has 29 heavy (non-hydrogen) atoms. The number of hydrogen-bond acceptors (Lipinski definition) is 4. The number of carbonyl (C=O) groups excluding carboxylic acids is 1. The largest absolute Gasteiger partial charge is 0.352 e. The molecular formula is C23H31N5O. The Hall–Kier alpha value is -2.65. The molecule has 0 bridgehead atoms. The minimum atomic E-state index is 0.104. The molecule has 1 N–H and O–H groups in total. The van der Waals surface area contributed by atoms with Gasteiger partial charge in [0.25, 0.3) is 0 Å². The molecule has 0 spiro atoms. The molecule has 0 aliphatic carbocycles. The van der Waals surface area contributed by atoms with Crippen LogP contribution in [-0.4, -0.2) is 39.7 Å². The second kappa shape index (κ2) is 9.71. The number of aryl methyl sites for hydroxylation is 2. The van der Waals surface area contributed by atoms with Crippen molar-refractivity contribution in [3.8, 4) is 6.07 Å². The molecule has 6 heteroatoms. The molecule has 1 amide bonds. The lowest BCUT2D eigenvalue weighted by molar-refractivity contribution is -0.121. The molecule has 1 fully saturated rings. The van der Waals surface area contributed by atoms with E-state index in [1.54, 1.807) is 0 Å². The van der Waals surface area contributed by atoms with E-state index in [9.17, 15) is 4.79 Å². The van der Waals surface area contributed by atoms with E-state index in [4.69, 9.17) is 5.26 Å². The topological polar surface area (TPSA) is 73.9 Å². The van der Waals surface area contributed by atoms with Crippen molar-refractivity contribution in [1.29, 1.82) is 5.26 Å². The highest BCUT2D eigenvalue weighted by atomic mass is 16.1. The Morgan fingerprint density at radius 3 is 2.83 bits per heavy atom. The molecule has 3 rings (SSSR count). The van der Waals surface area contributed by atoms with E-state index in [1.165, 1.54) is 5.56 Å². The van der Waals surface area contributed by atoms with Crippen LogP contribution in [0.4, 0.5) is 0 Å². The molecule has 1 aliphatic heterocycles. The van der Waals surface area contributed by atoms with Crippen LogP contribution in [0.15, 0.2) is 30.3 Å². The van der Waals surface area contributed by atoms with E-state index in [2.05, 4.69) is 52.6 Å². The van der Waals surface area contributed by atoms with Gasteiger partial charge in [-0.25, -0.2) is 0 Å². The Kier molecular flexibility index (Phi) is 7.05. The van der Waals surface area contributed by atoms with Gasteiger partial charge in [0.1, 0.15) is 0 Å². The minimum Gasteiger partial charge on any atom is -0.352 e. The molecule has 0 radical (unpaired) electrons. The fourth-order valence-corrected chi connectivity index (χ4v) is 4.21. The van der Waals surface area contributed by atoms with Gasteiger partial charge in [-0.2, -0.15) is 10.4 Å². The molecule has 2 unspecified atom stereocenters. The predicted molar refractivity (Wildman–Crippen MR) is 113 cm³/mol. The van der Waals surface area contributed by atoms with E-state index < -0.39 is 0 Å². The van der Waals surface area contributed by atoms with Gasteiger partial charge in [-0.05, 0) is 44.7 Å². The van der Waals surface area contributed by atoms with Gasteiger partial charge in [-0.3, -0.25) is 14.4 Å². The van der Waals surface area contributed by atoms with Crippen LogP contribution in [-0.2, 0) is 17.8 Å². The molecular weight excluding hydrogens is 362 g/mol. The lowest BCUT2D eigenvalue weighted by Crippen LogP contribution is -2.37. The van der Waals surface area contributed by atoms with Crippen molar-refractivity contribution in [1.82, 2.24) is 20.0 Å². The number of hydrogen-bond donors (Lipinski definition) is 1. The van der Waals surface area contributed by atoms with E-state index in [0.717, 1.165) is 36.5 Å². The van der Waals surface area contributed by atoms with Gasteiger partial charge in [-0.15, -0.1) is 0 Å². The lowest BCUT2D eigenvalue weighted by atomic mass is 10.1. The van der Waals surface area contributed by atoms with Gasteiger partial charge in [0.15, 0.2) is 0 Å². The number of amides is 1. The molecule has 1 aliphatic rings. The SMILES string of the molecule is Cc1nn(CCC#N)c(C)c1CCC(=O)NC1CCN(C(C)c2ccccc2)C1. The summed E-state index contributed by atoms with van der Waals surface area (Å²) in [4.78, 5) is 15.0. The van der Waals surface area contributed by atoms with Crippen molar-refractivity contribution >= 4 is 5.91 Å². The number of nitriles is 1. The Bertz CT molecular complexity index is 867. The third kappa shape index (κ3) is 5.24. The Balaban J connectivity index is 1.48. The maximum atomic E-state index is 12.5. The lowest BCUT2D eigenvalue weighted by Gasteiger charge is -2.24. The maximum Gasteiger partial charge on any atom is 0.220 e. The first-order chi connectivity index (χ1) is 14.0. The highest BCUT2D eigenvalue weighted by Crippen LogP contribution is 2.24. The van der Waals surface area contributed by atoms with Crippen LogP contribution in [0.3, 0.4) is 0 Å². The molecule has 2 heterocycles. The summed E-state index contributed by atoms with van der Waals surface area (Å²) in [5.74, 6) is 0.104. The van der Waals surface area contributed by atoms with Gasteiger partial charge >= 0.3 is 0 Å². The fourth-order valence-electron chi connectivity index (χ4n) is 4.21. The number of nitrogens with zero attached hydrogens (tertiary/aromatic N) is 4. The van der Waals surface area contributed by atoms with Crippen molar-refractivity contribution < 1.29 is 4.79 Å². The van der Waals surface area contributed by atoms with Gasteiger partial charge in [-0.1, -0.05) is 30.3 Å². The second-order valence-electron chi connectivity index (χ2n) is 7.92. The summed E-state index contributed by atoms with van der Waals surface area (Å²) < 4.78 is 1.88. The van der Waals surface area contributed by atoms with Gasteiger partial charge in [0, 0.05) is 37.3 Å². The summed E-state index contributed by atoms with van der Waals surface area (Å²) in [5.41, 5.74) is 4.47. The molecule has 2 atom stereocenters. The van der Waals surface area contributed by atoms with Gasteiger partial charge in [0.2, 0.25) is 5.91 Å². The summed E-state index contributed by atoms with van der Waals surface area (Å²) in [7, 11) is 0. The third-order valence-electron chi connectivity index (χ3n) is 5.98. The quantitative estimate of drug-likeness (QED) is 0.747. The summed E-state index contributed by atoms with van der Waals surface area (Å²) in [5, 5.41) is 16.5. The number of aromatic nitrogens is 2. The summed E-state index contributed by atoms with van der Waals surface area (Å²) >= 11 is 0. The Labute approximate surface area is 173 Å². The highest BCUT2D eigenvalue weighted by Gasteiger charge is 2.27. The van der Waals surface area contributed by atoms with Crippen LogP contribution in [0, 0.1) is 25.2 Å². The van der Waals surface area contributed by atoms with Crippen LogP contribution < -0.4 is 5.32 Å². The fraction of sp³-hybridized carbons (Fsp3) is 0.522. The molecule has 2 aromatic rings. The molecule has 154 valence electrons. The first-order valence-corrected chi connectivity index (χ1v) is 10.5. The highest BCUT2D eigenvalue weighted by molar-refractivity contribution is 5.76. The Morgan fingerprint density at radius 1 is 1.34 bits per heavy atom. The average Bonchev–Trinajstić information content (AvgIpc) is 3.29. The maximum absolute atomic E-state index is 12.5. The number of nitrogens with one attached hydrogen (secondary N) is 1. The van der Waals surface area contributed by atoms with E-state index in [0.29, 0.717) is 31.8 Å². The van der Waals surface area contributed by atoms with Crippen molar-refractivity contribution in [2.45, 2.75) is 65.1 Å². The Morgan fingerprint density at radius 2 is 2.10 bits per heavy atom. The van der Waals surface area contributed by atoms with Crippen LogP contribution >= 0.6 is 0 Å². The second-order valence-corrected chi connectivity index (χ2v) is 7.92. The minimum absolute atomic E-state index is 0.104. The van der Waals surface area contributed by atoms with Crippen molar-refractivity contribution in [3.63, 3.8) is 0 Å². The van der Waals surface area contributed by atoms with Crippen molar-refractivity contribution in [3.05, 3.63) is 52.8 Å². The molecule has 1 saturated heterocycles. The van der Waals surface area contributed by atoms with Crippen LogP contribution in [0.25, 0.3) is 0 Å². The van der Waals surface area contributed by atoms with Crippen molar-refractivity contribution in [2.24, 2.45) is 0 Å². The zero-order valence-corrected chi connectivity index (χ0v) is 17.7. The van der Waals surface area contributed by atoms with E-state index in [1.807, 2.05) is 24.6 Å². The number of carbonyl (C=O) groups is 1. The van der Waals surface area contributed by atoms with Gasteiger partial charge in [0.05, 0.1) is 24.7 Å². The number of likely N-dealkylation sites (tertiary alicyclic amines) is 1. The smallest absolute Gasteiger partial charge is 0.220 e. The van der Waals surface area contributed by atoms with E-state index >= 15 is 0 Å². The zero-order chi connectivity index (χ0) is 20.8.